The molecule has 24 heavy (non-hydrogen) atoms. The summed E-state index contributed by atoms with van der Waals surface area (Å²) in [5, 5.41) is 13.2. The number of halogens is 2. The number of nitrogens with one attached hydrogen (secondary N) is 2. The quantitative estimate of drug-likeness (QED) is 0.761. The van der Waals surface area contributed by atoms with Gasteiger partial charge in [-0.25, -0.2) is 9.18 Å². The number of carbonyl (C=O) groups is 1. The molecule has 6 nitrogen and oxygen atoms in total. The third-order valence-corrected chi connectivity index (χ3v) is 3.55. The predicted octanol–water partition coefficient (Wildman–Crippen LogP) is 3.38. The molecular formula is C16H13ClFN5O. The number of hydrogen-bond donors (Lipinski definition) is 2. The van der Waals surface area contributed by atoms with Gasteiger partial charge in [-0.05, 0) is 30.3 Å². The highest BCUT2D eigenvalue weighted by Crippen LogP contribution is 2.22. The maximum absolute atomic E-state index is 13.0. The Morgan fingerprint density at radius 2 is 2.00 bits per heavy atom. The summed E-state index contributed by atoms with van der Waals surface area (Å²) in [7, 11) is 0. The van der Waals surface area contributed by atoms with Crippen LogP contribution in [-0.2, 0) is 6.54 Å². The largest absolute Gasteiger partial charge is 0.331 e. The van der Waals surface area contributed by atoms with Gasteiger partial charge < -0.3 is 10.6 Å². The summed E-state index contributed by atoms with van der Waals surface area (Å²) >= 11 is 5.87. The van der Waals surface area contributed by atoms with Gasteiger partial charge in [-0.3, -0.25) is 4.57 Å². The number of amides is 2. The Morgan fingerprint density at radius 3 is 2.75 bits per heavy atom. The van der Waals surface area contributed by atoms with E-state index in [1.165, 1.54) is 12.1 Å². The Hall–Kier alpha value is -2.93. The first-order valence-corrected chi connectivity index (χ1v) is 7.45. The van der Waals surface area contributed by atoms with Gasteiger partial charge in [0, 0.05) is 5.69 Å². The number of rotatable bonds is 4. The molecule has 8 heteroatoms. The van der Waals surface area contributed by atoms with Crippen molar-refractivity contribution in [3.05, 3.63) is 71.5 Å². The van der Waals surface area contributed by atoms with E-state index in [0.29, 0.717) is 11.5 Å². The molecule has 1 heterocycles. The van der Waals surface area contributed by atoms with Crippen LogP contribution in [0.4, 0.5) is 14.9 Å². The molecule has 0 bridgehead atoms. The summed E-state index contributed by atoms with van der Waals surface area (Å²) in [6.07, 6.45) is 1.57. The van der Waals surface area contributed by atoms with Crippen LogP contribution in [0.2, 0.25) is 5.02 Å². The second-order valence-corrected chi connectivity index (χ2v) is 5.29. The Kier molecular flexibility index (Phi) is 4.72. The van der Waals surface area contributed by atoms with E-state index in [2.05, 4.69) is 20.8 Å². The molecule has 0 saturated heterocycles. The summed E-state index contributed by atoms with van der Waals surface area (Å²) in [6, 6.07) is 12.8. The van der Waals surface area contributed by atoms with Crippen LogP contribution in [0, 0.1) is 5.82 Å². The van der Waals surface area contributed by atoms with E-state index in [0.717, 1.165) is 11.8 Å². The summed E-state index contributed by atoms with van der Waals surface area (Å²) < 4.78 is 14.8. The van der Waals surface area contributed by atoms with E-state index in [-0.39, 0.29) is 11.6 Å². The molecule has 122 valence electrons. The fourth-order valence-corrected chi connectivity index (χ4v) is 2.31. The van der Waals surface area contributed by atoms with Crippen molar-refractivity contribution in [2.24, 2.45) is 0 Å². The van der Waals surface area contributed by atoms with Crippen molar-refractivity contribution in [1.29, 1.82) is 0 Å². The molecule has 3 rings (SSSR count). The zero-order valence-corrected chi connectivity index (χ0v) is 13.2. The van der Waals surface area contributed by atoms with Crippen molar-refractivity contribution in [3.63, 3.8) is 0 Å². The van der Waals surface area contributed by atoms with Gasteiger partial charge in [0.2, 0.25) is 0 Å². The van der Waals surface area contributed by atoms with Crippen molar-refractivity contribution in [1.82, 2.24) is 20.1 Å². The standard InChI is InChI=1S/C16H13ClFN5O/c17-13-8-11(18)6-7-14(13)21-16(24)19-9-15-22-20-10-23(15)12-4-2-1-3-5-12/h1-8,10H,9H2,(H2,19,21,24). The topological polar surface area (TPSA) is 71.8 Å². The van der Waals surface area contributed by atoms with E-state index in [9.17, 15) is 9.18 Å². The minimum atomic E-state index is -0.480. The van der Waals surface area contributed by atoms with Gasteiger partial charge in [0.25, 0.3) is 0 Å². The van der Waals surface area contributed by atoms with E-state index < -0.39 is 11.8 Å². The smallest absolute Gasteiger partial charge is 0.319 e. The molecule has 0 atom stereocenters. The lowest BCUT2D eigenvalue weighted by molar-refractivity contribution is 0.251. The third-order valence-electron chi connectivity index (χ3n) is 3.24. The van der Waals surface area contributed by atoms with Gasteiger partial charge >= 0.3 is 6.03 Å². The average molecular weight is 346 g/mol. The first-order valence-electron chi connectivity index (χ1n) is 7.08. The molecule has 0 spiro atoms. The molecule has 0 aliphatic carbocycles. The number of urea groups is 1. The zero-order chi connectivity index (χ0) is 16.9. The molecule has 0 aliphatic heterocycles. The van der Waals surface area contributed by atoms with Crippen LogP contribution in [0.25, 0.3) is 5.69 Å². The van der Waals surface area contributed by atoms with Gasteiger partial charge in [0.15, 0.2) is 5.82 Å². The Morgan fingerprint density at radius 1 is 1.21 bits per heavy atom. The number of hydrogen-bond acceptors (Lipinski definition) is 3. The lowest BCUT2D eigenvalue weighted by Gasteiger charge is -2.10. The highest BCUT2D eigenvalue weighted by molar-refractivity contribution is 6.33. The maximum atomic E-state index is 13.0. The molecule has 1 aromatic heterocycles. The summed E-state index contributed by atoms with van der Waals surface area (Å²) in [5.41, 5.74) is 1.21. The molecule has 0 aliphatic rings. The van der Waals surface area contributed by atoms with E-state index in [4.69, 9.17) is 11.6 Å². The van der Waals surface area contributed by atoms with E-state index >= 15 is 0 Å². The molecule has 2 N–H and O–H groups in total. The van der Waals surface area contributed by atoms with Gasteiger partial charge in [0.05, 0.1) is 17.3 Å². The number of aromatic nitrogens is 3. The number of para-hydroxylation sites is 1. The minimum absolute atomic E-state index is 0.123. The molecular weight excluding hydrogens is 333 g/mol. The van der Waals surface area contributed by atoms with Crippen LogP contribution in [0.1, 0.15) is 5.82 Å². The van der Waals surface area contributed by atoms with Gasteiger partial charge in [0.1, 0.15) is 12.1 Å². The molecule has 2 amide bonds. The minimum Gasteiger partial charge on any atom is -0.331 e. The third kappa shape index (κ3) is 3.69. The first-order chi connectivity index (χ1) is 11.6. The number of nitrogens with zero attached hydrogens (tertiary/aromatic N) is 3. The number of benzene rings is 2. The van der Waals surface area contributed by atoms with Crippen molar-refractivity contribution < 1.29 is 9.18 Å². The van der Waals surface area contributed by atoms with Crippen molar-refractivity contribution in [3.8, 4) is 5.69 Å². The first kappa shape index (κ1) is 15.9. The van der Waals surface area contributed by atoms with Crippen molar-refractivity contribution in [2.45, 2.75) is 6.54 Å². The van der Waals surface area contributed by atoms with Crippen LogP contribution < -0.4 is 10.6 Å². The average Bonchev–Trinajstić information content (AvgIpc) is 3.05. The number of carbonyl (C=O) groups excluding carboxylic acids is 1. The lowest BCUT2D eigenvalue weighted by atomic mass is 10.3. The van der Waals surface area contributed by atoms with Crippen LogP contribution in [-0.4, -0.2) is 20.8 Å². The maximum Gasteiger partial charge on any atom is 0.319 e. The second kappa shape index (κ2) is 7.10. The Balaban J connectivity index is 1.64. The van der Waals surface area contributed by atoms with Gasteiger partial charge in [-0.15, -0.1) is 10.2 Å². The van der Waals surface area contributed by atoms with Crippen LogP contribution in [0.5, 0.6) is 0 Å². The van der Waals surface area contributed by atoms with Crippen molar-refractivity contribution >= 4 is 23.3 Å². The van der Waals surface area contributed by atoms with E-state index in [1.54, 1.807) is 10.9 Å². The second-order valence-electron chi connectivity index (χ2n) is 4.88. The Labute approximate surface area is 142 Å². The SMILES string of the molecule is O=C(NCc1nncn1-c1ccccc1)Nc1ccc(F)cc1Cl. The van der Waals surface area contributed by atoms with Crippen molar-refractivity contribution in [2.75, 3.05) is 5.32 Å². The summed E-state index contributed by atoms with van der Waals surface area (Å²) in [4.78, 5) is 12.0. The monoisotopic (exact) mass is 345 g/mol. The molecule has 0 saturated carbocycles. The zero-order valence-electron chi connectivity index (χ0n) is 12.4. The molecule has 0 fully saturated rings. The van der Waals surface area contributed by atoms with Crippen LogP contribution in [0.15, 0.2) is 54.9 Å². The lowest BCUT2D eigenvalue weighted by Crippen LogP contribution is -2.29. The molecule has 2 aromatic carbocycles. The normalized spacial score (nSPS) is 10.4. The molecule has 0 unspecified atom stereocenters. The highest BCUT2D eigenvalue weighted by atomic mass is 35.5. The fraction of sp³-hybridized carbons (Fsp3) is 0.0625. The summed E-state index contributed by atoms with van der Waals surface area (Å²) in [6.45, 7) is 0.166. The van der Waals surface area contributed by atoms with Gasteiger partial charge in [-0.1, -0.05) is 29.8 Å². The predicted molar refractivity (Wildman–Crippen MR) is 88.6 cm³/mol. The fourth-order valence-electron chi connectivity index (χ4n) is 2.10. The highest BCUT2D eigenvalue weighted by Gasteiger charge is 2.10. The Bertz CT molecular complexity index is 853. The number of anilines is 1. The van der Waals surface area contributed by atoms with E-state index in [1.807, 2.05) is 30.3 Å². The van der Waals surface area contributed by atoms with Crippen LogP contribution >= 0.6 is 11.6 Å². The van der Waals surface area contributed by atoms with Crippen LogP contribution in [0.3, 0.4) is 0 Å². The van der Waals surface area contributed by atoms with Gasteiger partial charge in [-0.2, -0.15) is 0 Å². The summed E-state index contributed by atoms with van der Waals surface area (Å²) in [5.74, 6) is 0.100. The molecule has 0 radical (unpaired) electrons. The molecule has 3 aromatic rings.